The van der Waals surface area contributed by atoms with Gasteiger partial charge in [0, 0.05) is 29.8 Å². The molecule has 2 aromatic carbocycles. The number of hydrogen-bond donors (Lipinski definition) is 0. The van der Waals surface area contributed by atoms with Crippen molar-refractivity contribution in [3.05, 3.63) is 71.9 Å². The van der Waals surface area contributed by atoms with Crippen LogP contribution in [0, 0.1) is 0 Å². The van der Waals surface area contributed by atoms with E-state index >= 15 is 0 Å². The van der Waals surface area contributed by atoms with Crippen molar-refractivity contribution in [2.45, 2.75) is 6.42 Å². The number of fused-ring (bicyclic) bond motifs is 1. The van der Waals surface area contributed by atoms with E-state index in [9.17, 15) is 4.79 Å². The quantitative estimate of drug-likeness (QED) is 0.443. The van der Waals surface area contributed by atoms with Gasteiger partial charge in [-0.15, -0.1) is 0 Å². The lowest BCUT2D eigenvalue weighted by Gasteiger charge is -2.08. The van der Waals surface area contributed by atoms with Crippen molar-refractivity contribution in [3.8, 4) is 22.1 Å². The first-order chi connectivity index (χ1) is 13.7. The van der Waals surface area contributed by atoms with Crippen LogP contribution in [0.1, 0.15) is 15.9 Å². The molecule has 0 fully saturated rings. The van der Waals surface area contributed by atoms with Crippen LogP contribution < -0.4 is 9.47 Å². The molecule has 0 saturated carbocycles. The third kappa shape index (κ3) is 3.73. The Bertz CT molecular complexity index is 1100. The number of methoxy groups -OCH3 is 2. The highest BCUT2D eigenvalue weighted by molar-refractivity contribution is 7.21. The van der Waals surface area contributed by atoms with Crippen LogP contribution in [-0.4, -0.2) is 30.0 Å². The lowest BCUT2D eigenvalue weighted by atomic mass is 10.0. The summed E-state index contributed by atoms with van der Waals surface area (Å²) in [6.45, 7) is 0. The molecule has 0 unspecified atom stereocenters. The van der Waals surface area contributed by atoms with Gasteiger partial charge in [-0.2, -0.15) is 0 Å². The third-order valence-electron chi connectivity index (χ3n) is 4.38. The average Bonchev–Trinajstić information content (AvgIpc) is 3.18. The first-order valence-corrected chi connectivity index (χ1v) is 9.55. The van der Waals surface area contributed by atoms with E-state index in [4.69, 9.17) is 9.47 Å². The fourth-order valence-electron chi connectivity index (χ4n) is 2.96. The number of carbonyl (C=O) groups is 1. The molecule has 28 heavy (non-hydrogen) atoms. The summed E-state index contributed by atoms with van der Waals surface area (Å²) in [5.74, 6) is 1.19. The maximum Gasteiger partial charge on any atom is 0.167 e. The second kappa shape index (κ2) is 7.78. The van der Waals surface area contributed by atoms with E-state index in [2.05, 4.69) is 9.97 Å². The van der Waals surface area contributed by atoms with E-state index in [1.807, 2.05) is 36.4 Å². The van der Waals surface area contributed by atoms with Crippen LogP contribution in [0.2, 0.25) is 0 Å². The van der Waals surface area contributed by atoms with Crippen molar-refractivity contribution in [1.29, 1.82) is 0 Å². The smallest absolute Gasteiger partial charge is 0.167 e. The van der Waals surface area contributed by atoms with E-state index in [0.29, 0.717) is 17.1 Å². The van der Waals surface area contributed by atoms with E-state index in [-0.39, 0.29) is 12.2 Å². The van der Waals surface area contributed by atoms with Gasteiger partial charge in [0.25, 0.3) is 0 Å². The number of pyridine rings is 1. The minimum absolute atomic E-state index is 0.000293. The van der Waals surface area contributed by atoms with E-state index in [0.717, 1.165) is 26.5 Å². The molecule has 4 rings (SSSR count). The molecule has 2 aromatic heterocycles. The second-order valence-electron chi connectivity index (χ2n) is 6.25. The van der Waals surface area contributed by atoms with Gasteiger partial charge < -0.3 is 9.47 Å². The molecule has 2 heterocycles. The van der Waals surface area contributed by atoms with Gasteiger partial charge in [0.1, 0.15) is 26.9 Å². The van der Waals surface area contributed by atoms with Crippen LogP contribution in [0.3, 0.4) is 0 Å². The zero-order valence-electron chi connectivity index (χ0n) is 15.5. The van der Waals surface area contributed by atoms with Crippen LogP contribution in [0.15, 0.2) is 60.8 Å². The number of aromatic nitrogens is 2. The summed E-state index contributed by atoms with van der Waals surface area (Å²) < 4.78 is 10.5. The molecular formula is C22H18N2O3S. The number of nitrogens with zero attached hydrogens (tertiary/aromatic N) is 2. The highest BCUT2D eigenvalue weighted by Crippen LogP contribution is 2.29. The number of rotatable bonds is 6. The summed E-state index contributed by atoms with van der Waals surface area (Å²) in [6, 6.07) is 16.9. The number of ether oxygens (including phenoxy) is 2. The van der Waals surface area contributed by atoms with Gasteiger partial charge in [-0.25, -0.2) is 9.97 Å². The molecule has 0 aliphatic heterocycles. The highest BCUT2D eigenvalue weighted by Gasteiger charge is 2.13. The molecule has 0 saturated heterocycles. The SMILES string of the molecule is COc1cc(OC)cc(C(=O)Cc2cccc(-c3nc4cccnc4s3)c2)c1. The van der Waals surface area contributed by atoms with E-state index in [1.165, 1.54) is 0 Å². The Morgan fingerprint density at radius 3 is 2.50 bits per heavy atom. The van der Waals surface area contributed by atoms with Crippen LogP contribution in [0.4, 0.5) is 0 Å². The fraction of sp³-hybridized carbons (Fsp3) is 0.136. The van der Waals surface area contributed by atoms with Crippen LogP contribution in [0.25, 0.3) is 20.9 Å². The third-order valence-corrected chi connectivity index (χ3v) is 5.41. The molecule has 0 radical (unpaired) electrons. The molecule has 0 bridgehead atoms. The Hall–Kier alpha value is -3.25. The fourth-order valence-corrected chi connectivity index (χ4v) is 3.87. The Morgan fingerprint density at radius 1 is 1.00 bits per heavy atom. The molecule has 0 aliphatic rings. The lowest BCUT2D eigenvalue weighted by molar-refractivity contribution is 0.0992. The normalized spacial score (nSPS) is 10.8. The van der Waals surface area contributed by atoms with Crippen LogP contribution in [-0.2, 0) is 6.42 Å². The second-order valence-corrected chi connectivity index (χ2v) is 7.23. The van der Waals surface area contributed by atoms with Crippen molar-refractivity contribution in [2.75, 3.05) is 14.2 Å². The standard InChI is InChI=1S/C22H18N2O3S/c1-26-17-11-16(12-18(13-17)27-2)20(25)10-14-5-3-6-15(9-14)21-24-19-7-4-8-23-22(19)28-21/h3-9,11-13H,10H2,1-2H3. The topological polar surface area (TPSA) is 61.3 Å². The van der Waals surface area contributed by atoms with Gasteiger partial charge >= 0.3 is 0 Å². The monoisotopic (exact) mass is 390 g/mol. The predicted octanol–water partition coefficient (Wildman–Crippen LogP) is 4.80. The summed E-state index contributed by atoms with van der Waals surface area (Å²) in [5.41, 5.74) is 3.35. The largest absolute Gasteiger partial charge is 0.497 e. The summed E-state index contributed by atoms with van der Waals surface area (Å²) in [7, 11) is 3.14. The first-order valence-electron chi connectivity index (χ1n) is 8.73. The minimum Gasteiger partial charge on any atom is -0.497 e. The number of benzene rings is 2. The summed E-state index contributed by atoms with van der Waals surface area (Å²) >= 11 is 1.54. The summed E-state index contributed by atoms with van der Waals surface area (Å²) in [6.07, 6.45) is 2.05. The molecule has 5 nitrogen and oxygen atoms in total. The van der Waals surface area contributed by atoms with E-state index in [1.54, 1.807) is 50.0 Å². The van der Waals surface area contributed by atoms with Gasteiger partial charge in [-0.3, -0.25) is 4.79 Å². The number of thiazole rings is 1. The van der Waals surface area contributed by atoms with Crippen molar-refractivity contribution in [2.24, 2.45) is 0 Å². The van der Waals surface area contributed by atoms with Crippen LogP contribution >= 0.6 is 11.3 Å². The number of Topliss-reactive ketones (excluding diaryl/α,β-unsaturated/α-hetero) is 1. The van der Waals surface area contributed by atoms with Crippen molar-refractivity contribution in [3.63, 3.8) is 0 Å². The molecule has 6 heteroatoms. The summed E-state index contributed by atoms with van der Waals surface area (Å²) in [4.78, 5) is 22.7. The Morgan fingerprint density at radius 2 is 1.79 bits per heavy atom. The van der Waals surface area contributed by atoms with Gasteiger partial charge in [-0.1, -0.05) is 29.5 Å². The highest BCUT2D eigenvalue weighted by atomic mass is 32.1. The maximum absolute atomic E-state index is 12.8. The average molecular weight is 390 g/mol. The molecule has 0 amide bonds. The molecule has 4 aromatic rings. The van der Waals surface area contributed by atoms with E-state index < -0.39 is 0 Å². The molecule has 0 spiro atoms. The van der Waals surface area contributed by atoms with Gasteiger partial charge in [0.05, 0.1) is 14.2 Å². The van der Waals surface area contributed by atoms with Crippen LogP contribution in [0.5, 0.6) is 11.5 Å². The van der Waals surface area contributed by atoms with Crippen molar-refractivity contribution < 1.29 is 14.3 Å². The van der Waals surface area contributed by atoms with Crippen molar-refractivity contribution in [1.82, 2.24) is 9.97 Å². The zero-order chi connectivity index (χ0) is 19.5. The zero-order valence-corrected chi connectivity index (χ0v) is 16.3. The molecule has 0 N–H and O–H groups in total. The maximum atomic E-state index is 12.8. The number of hydrogen-bond acceptors (Lipinski definition) is 6. The lowest BCUT2D eigenvalue weighted by Crippen LogP contribution is -2.04. The van der Waals surface area contributed by atoms with Gasteiger partial charge in [0.15, 0.2) is 5.78 Å². The number of carbonyl (C=O) groups excluding carboxylic acids is 1. The Balaban J connectivity index is 1.60. The Kier molecular flexibility index (Phi) is 5.04. The molecule has 140 valence electrons. The van der Waals surface area contributed by atoms with Gasteiger partial charge in [0.2, 0.25) is 0 Å². The summed E-state index contributed by atoms with van der Waals surface area (Å²) in [5, 5.41) is 0.894. The minimum atomic E-state index is 0.000293. The van der Waals surface area contributed by atoms with Gasteiger partial charge in [-0.05, 0) is 35.9 Å². The molecule has 0 atom stereocenters. The van der Waals surface area contributed by atoms with Crippen molar-refractivity contribution >= 4 is 27.5 Å². The first kappa shape index (κ1) is 18.1. The molecule has 0 aliphatic carbocycles. The molecular weight excluding hydrogens is 372 g/mol. The predicted molar refractivity (Wildman–Crippen MR) is 110 cm³/mol. The number of ketones is 1. The Labute approximate surface area is 166 Å².